The first-order valence-electron chi connectivity index (χ1n) is 5.90. The molecule has 0 saturated carbocycles. The summed E-state index contributed by atoms with van der Waals surface area (Å²) in [6.45, 7) is -0.108. The van der Waals surface area contributed by atoms with Crippen LogP contribution in [0.15, 0.2) is 47.5 Å². The van der Waals surface area contributed by atoms with Gasteiger partial charge in [-0.2, -0.15) is 0 Å². The van der Waals surface area contributed by atoms with E-state index in [1.54, 1.807) is 25.2 Å². The third-order valence-electron chi connectivity index (χ3n) is 2.71. The maximum Gasteiger partial charge on any atom is 0.242 e. The van der Waals surface area contributed by atoms with Crippen LogP contribution < -0.4 is 10.0 Å². The van der Waals surface area contributed by atoms with Crippen LogP contribution in [0, 0.1) is 5.82 Å². The molecule has 2 aromatic rings. The van der Waals surface area contributed by atoms with Crippen LogP contribution >= 0.6 is 0 Å². The van der Waals surface area contributed by atoms with Crippen molar-refractivity contribution >= 4 is 15.8 Å². The fourth-order valence-corrected chi connectivity index (χ4v) is 2.54. The van der Waals surface area contributed by atoms with E-state index in [0.717, 1.165) is 0 Å². The molecular formula is C13H14FN3O2S. The van der Waals surface area contributed by atoms with E-state index in [0.29, 0.717) is 5.82 Å². The minimum Gasteiger partial charge on any atom is -0.373 e. The van der Waals surface area contributed by atoms with E-state index in [9.17, 15) is 12.8 Å². The Hall–Kier alpha value is -1.99. The summed E-state index contributed by atoms with van der Waals surface area (Å²) >= 11 is 0. The van der Waals surface area contributed by atoms with Gasteiger partial charge in [0.1, 0.15) is 16.5 Å². The predicted octanol–water partition coefficient (Wildman–Crippen LogP) is 1.74. The summed E-state index contributed by atoms with van der Waals surface area (Å²) in [6, 6.07) is 9.00. The highest BCUT2D eigenvalue weighted by molar-refractivity contribution is 7.89. The Morgan fingerprint density at radius 3 is 2.55 bits per heavy atom. The number of hydrogen-bond acceptors (Lipinski definition) is 4. The van der Waals surface area contributed by atoms with Crippen molar-refractivity contribution in [1.29, 1.82) is 0 Å². The molecule has 2 rings (SSSR count). The molecular weight excluding hydrogens is 281 g/mol. The van der Waals surface area contributed by atoms with Crippen LogP contribution in [0.2, 0.25) is 0 Å². The first-order valence-corrected chi connectivity index (χ1v) is 7.38. The van der Waals surface area contributed by atoms with Crippen molar-refractivity contribution < 1.29 is 12.8 Å². The molecule has 7 heteroatoms. The minimum absolute atomic E-state index is 0.0350. The third-order valence-corrected chi connectivity index (χ3v) is 4.10. The summed E-state index contributed by atoms with van der Waals surface area (Å²) < 4.78 is 39.8. The van der Waals surface area contributed by atoms with E-state index < -0.39 is 15.8 Å². The van der Waals surface area contributed by atoms with Crippen LogP contribution in [0.5, 0.6) is 0 Å². The Bertz CT molecular complexity index is 687. The fraction of sp³-hybridized carbons (Fsp3) is 0.154. The van der Waals surface area contributed by atoms with Crippen molar-refractivity contribution in [2.45, 2.75) is 11.4 Å². The van der Waals surface area contributed by atoms with Crippen molar-refractivity contribution in [2.75, 3.05) is 12.4 Å². The number of pyridine rings is 1. The summed E-state index contributed by atoms with van der Waals surface area (Å²) in [6.07, 6.45) is 1.25. The number of hydrogen-bond donors (Lipinski definition) is 2. The number of sulfonamides is 1. The average molecular weight is 295 g/mol. The quantitative estimate of drug-likeness (QED) is 0.881. The van der Waals surface area contributed by atoms with Gasteiger partial charge >= 0.3 is 0 Å². The summed E-state index contributed by atoms with van der Waals surface area (Å²) in [5.74, 6) is 0.122. The number of rotatable bonds is 5. The van der Waals surface area contributed by atoms with Gasteiger partial charge in [0.05, 0.1) is 0 Å². The Labute approximate surface area is 116 Å². The molecule has 0 spiro atoms. The Morgan fingerprint density at radius 2 is 1.95 bits per heavy atom. The number of aromatic nitrogens is 1. The van der Waals surface area contributed by atoms with E-state index in [1.807, 2.05) is 0 Å². The van der Waals surface area contributed by atoms with Gasteiger partial charge in [-0.05, 0) is 18.2 Å². The molecule has 0 amide bonds. The lowest BCUT2D eigenvalue weighted by molar-refractivity contribution is 0.574. The first kappa shape index (κ1) is 14.4. The third kappa shape index (κ3) is 3.31. The fourth-order valence-electron chi connectivity index (χ4n) is 1.58. The molecule has 2 N–H and O–H groups in total. The topological polar surface area (TPSA) is 71.1 Å². The average Bonchev–Trinajstić information content (AvgIpc) is 2.46. The normalized spacial score (nSPS) is 11.3. The van der Waals surface area contributed by atoms with Crippen molar-refractivity contribution in [2.24, 2.45) is 0 Å². The molecule has 0 radical (unpaired) electrons. The van der Waals surface area contributed by atoms with Crippen molar-refractivity contribution in [1.82, 2.24) is 9.71 Å². The van der Waals surface area contributed by atoms with Crippen molar-refractivity contribution in [3.63, 3.8) is 0 Å². The zero-order valence-corrected chi connectivity index (χ0v) is 11.6. The Morgan fingerprint density at radius 1 is 1.20 bits per heavy atom. The summed E-state index contributed by atoms with van der Waals surface area (Å²) in [5, 5.41) is 2.80. The van der Waals surface area contributed by atoms with Crippen LogP contribution in [-0.2, 0) is 16.6 Å². The largest absolute Gasteiger partial charge is 0.373 e. The minimum atomic E-state index is -3.71. The lowest BCUT2D eigenvalue weighted by Crippen LogP contribution is -2.23. The van der Waals surface area contributed by atoms with Crippen LogP contribution in [0.4, 0.5) is 10.2 Å². The van der Waals surface area contributed by atoms with Gasteiger partial charge in [0, 0.05) is 25.4 Å². The molecule has 0 unspecified atom stereocenters. The number of halogens is 1. The molecule has 1 aromatic heterocycles. The van der Waals surface area contributed by atoms with Gasteiger partial charge in [-0.1, -0.05) is 18.2 Å². The molecule has 1 heterocycles. The maximum atomic E-state index is 13.4. The molecule has 0 bridgehead atoms. The Kier molecular flexibility index (Phi) is 4.31. The first-order chi connectivity index (χ1) is 9.53. The van der Waals surface area contributed by atoms with Gasteiger partial charge in [-0.3, -0.25) is 0 Å². The predicted molar refractivity (Wildman–Crippen MR) is 74.2 cm³/mol. The lowest BCUT2D eigenvalue weighted by Gasteiger charge is -2.08. The van der Waals surface area contributed by atoms with Gasteiger partial charge in [-0.15, -0.1) is 0 Å². The molecule has 0 aliphatic rings. The molecule has 106 valence electrons. The van der Waals surface area contributed by atoms with Crippen LogP contribution in [0.25, 0.3) is 0 Å². The molecule has 5 nitrogen and oxygen atoms in total. The highest BCUT2D eigenvalue weighted by atomic mass is 32.2. The second-order valence-electron chi connectivity index (χ2n) is 4.05. The highest BCUT2D eigenvalue weighted by Gasteiger charge is 2.14. The van der Waals surface area contributed by atoms with Gasteiger partial charge in [0.15, 0.2) is 0 Å². The van der Waals surface area contributed by atoms with E-state index in [1.165, 1.54) is 24.4 Å². The highest BCUT2D eigenvalue weighted by Crippen LogP contribution is 2.12. The van der Waals surface area contributed by atoms with E-state index >= 15 is 0 Å². The standard InChI is InChI=1S/C13H14FN3O2S/c1-15-13-7-6-11(9-16-13)20(18,19)17-8-10-4-2-3-5-12(10)14/h2-7,9,17H,8H2,1H3,(H,15,16). The summed E-state index contributed by atoms with van der Waals surface area (Å²) in [5.41, 5.74) is 0.288. The van der Waals surface area contributed by atoms with Crippen LogP contribution in [0.1, 0.15) is 5.56 Å². The van der Waals surface area contributed by atoms with Crippen LogP contribution in [-0.4, -0.2) is 20.4 Å². The van der Waals surface area contributed by atoms with Gasteiger partial charge < -0.3 is 5.32 Å². The van der Waals surface area contributed by atoms with Gasteiger partial charge in [0.25, 0.3) is 0 Å². The molecule has 0 fully saturated rings. The molecule has 1 aromatic carbocycles. The molecule has 0 aliphatic heterocycles. The van der Waals surface area contributed by atoms with E-state index in [-0.39, 0.29) is 17.0 Å². The lowest BCUT2D eigenvalue weighted by atomic mass is 10.2. The monoisotopic (exact) mass is 295 g/mol. The van der Waals surface area contributed by atoms with Crippen molar-refractivity contribution in [3.8, 4) is 0 Å². The number of anilines is 1. The molecule has 20 heavy (non-hydrogen) atoms. The number of benzene rings is 1. The molecule has 0 saturated heterocycles. The van der Waals surface area contributed by atoms with Gasteiger partial charge in [0.2, 0.25) is 10.0 Å². The van der Waals surface area contributed by atoms with Crippen molar-refractivity contribution in [3.05, 3.63) is 54.0 Å². The molecule has 0 aliphatic carbocycles. The molecule has 0 atom stereocenters. The summed E-state index contributed by atoms with van der Waals surface area (Å²) in [4.78, 5) is 3.97. The summed E-state index contributed by atoms with van der Waals surface area (Å²) in [7, 11) is -2.02. The second-order valence-corrected chi connectivity index (χ2v) is 5.81. The van der Waals surface area contributed by atoms with E-state index in [2.05, 4.69) is 15.0 Å². The SMILES string of the molecule is CNc1ccc(S(=O)(=O)NCc2ccccc2F)cn1. The number of nitrogens with one attached hydrogen (secondary N) is 2. The second kappa shape index (κ2) is 5.98. The zero-order chi connectivity index (χ0) is 14.6. The zero-order valence-electron chi connectivity index (χ0n) is 10.8. The maximum absolute atomic E-state index is 13.4. The smallest absolute Gasteiger partial charge is 0.242 e. The van der Waals surface area contributed by atoms with E-state index in [4.69, 9.17) is 0 Å². The van der Waals surface area contributed by atoms with Crippen LogP contribution in [0.3, 0.4) is 0 Å². The Balaban J connectivity index is 2.13. The number of nitrogens with zero attached hydrogens (tertiary/aromatic N) is 1. The van der Waals surface area contributed by atoms with Gasteiger partial charge in [-0.25, -0.2) is 22.5 Å².